The van der Waals surface area contributed by atoms with E-state index in [0.717, 1.165) is 32.5 Å². The molecule has 0 spiro atoms. The summed E-state index contributed by atoms with van der Waals surface area (Å²) in [4.78, 5) is 40.5. The van der Waals surface area contributed by atoms with Gasteiger partial charge in [0.25, 0.3) is 11.6 Å². The molecular formula is C35H39ClN4O6. The first-order valence-electron chi connectivity index (χ1n) is 15.2. The maximum atomic E-state index is 14.2. The molecule has 11 heteroatoms. The van der Waals surface area contributed by atoms with E-state index in [1.165, 1.54) is 36.9 Å². The van der Waals surface area contributed by atoms with Gasteiger partial charge in [0, 0.05) is 24.4 Å². The predicted octanol–water partition coefficient (Wildman–Crippen LogP) is 6.05. The second-order valence-electron chi connectivity index (χ2n) is 11.4. The van der Waals surface area contributed by atoms with Gasteiger partial charge in [0.05, 0.1) is 34.8 Å². The molecule has 1 unspecified atom stereocenters. The molecule has 1 fully saturated rings. The third-order valence-corrected chi connectivity index (χ3v) is 8.64. The van der Waals surface area contributed by atoms with E-state index in [-0.39, 0.29) is 35.8 Å². The molecule has 3 aromatic carbocycles. The highest BCUT2D eigenvalue weighted by Gasteiger charge is 2.40. The highest BCUT2D eigenvalue weighted by atomic mass is 35.5. The number of dihydropyridines is 1. The number of non-ortho nitro benzene ring substituents is 1. The smallest absolute Gasteiger partial charge is 0.336 e. The molecular weight excluding hydrogens is 608 g/mol. The van der Waals surface area contributed by atoms with Crippen molar-refractivity contribution < 1.29 is 24.5 Å². The topological polar surface area (TPSA) is 125 Å². The summed E-state index contributed by atoms with van der Waals surface area (Å²) < 4.78 is 5.11. The number of hydrogen-bond acceptors (Lipinski definition) is 8. The number of allylic oxidation sites excluding steroid dienone is 1. The minimum absolute atomic E-state index is 0. The quantitative estimate of drug-likeness (QED) is 0.118. The number of rotatable bonds is 10. The molecule has 0 radical (unpaired) electrons. The Labute approximate surface area is 274 Å². The van der Waals surface area contributed by atoms with Gasteiger partial charge >= 0.3 is 5.97 Å². The largest absolute Gasteiger partial charge is 0.466 e. The Bertz CT molecular complexity index is 1590. The SMILES string of the molecule is COC(=O)C1=C(C)NC(c2ccccc2)=C(C(=O)N(O)CCCN2CCC(c3ccccc3)CC2)C1c1ccc([N+](=O)[O-])cc1.Cl. The number of carbonyl (C=O) groups excluding carboxylic acids is 2. The number of hydroxylamine groups is 2. The molecule has 242 valence electrons. The number of benzene rings is 3. The van der Waals surface area contributed by atoms with Crippen LogP contribution in [0.25, 0.3) is 5.70 Å². The highest BCUT2D eigenvalue weighted by Crippen LogP contribution is 2.42. The lowest BCUT2D eigenvalue weighted by Crippen LogP contribution is -2.39. The first kappa shape index (κ1) is 34.4. The fourth-order valence-electron chi connectivity index (χ4n) is 6.29. The fraction of sp³-hybridized carbons (Fsp3) is 0.314. The number of esters is 1. The monoisotopic (exact) mass is 646 g/mol. The van der Waals surface area contributed by atoms with Crippen molar-refractivity contribution in [2.75, 3.05) is 33.3 Å². The third kappa shape index (κ3) is 7.64. The molecule has 10 nitrogen and oxygen atoms in total. The maximum Gasteiger partial charge on any atom is 0.336 e. The summed E-state index contributed by atoms with van der Waals surface area (Å²) in [7, 11) is 1.26. The number of piperidine rings is 1. The second-order valence-corrected chi connectivity index (χ2v) is 11.4. The third-order valence-electron chi connectivity index (χ3n) is 8.64. The molecule has 0 bridgehead atoms. The molecule has 2 aliphatic heterocycles. The summed E-state index contributed by atoms with van der Waals surface area (Å²) in [6, 6.07) is 25.5. The van der Waals surface area contributed by atoms with Gasteiger partial charge in [-0.2, -0.15) is 0 Å². The van der Waals surface area contributed by atoms with Gasteiger partial charge in [-0.15, -0.1) is 12.4 Å². The molecule has 0 aliphatic carbocycles. The number of nitro benzene ring substituents is 1. The van der Waals surface area contributed by atoms with Gasteiger partial charge in [-0.05, 0) is 68.4 Å². The summed E-state index contributed by atoms with van der Waals surface area (Å²) in [5.74, 6) is -1.73. The molecule has 3 aromatic rings. The number of methoxy groups -OCH3 is 1. The Morgan fingerprint density at radius 2 is 1.57 bits per heavy atom. The number of halogens is 1. The standard InChI is InChI=1S/C35H38N4O6.ClH/c1-24-30(35(41)45-2)31(27-14-16-29(17-15-27)39(43)44)32(33(36-24)28-12-7-4-8-13-28)34(40)38(42)21-9-20-37-22-18-26(19-23-37)25-10-5-3-6-11-25;/h3-8,10-17,26,31,36,42H,9,18-23H2,1-2H3;1H. The van der Waals surface area contributed by atoms with Crippen LogP contribution < -0.4 is 5.32 Å². The van der Waals surface area contributed by atoms with Gasteiger partial charge in [0.1, 0.15) is 0 Å². The van der Waals surface area contributed by atoms with Crippen LogP contribution in [-0.2, 0) is 14.3 Å². The Balaban J connectivity index is 0.00000480. The number of likely N-dealkylation sites (tertiary alicyclic amines) is 1. The number of nitrogens with one attached hydrogen (secondary N) is 1. The van der Waals surface area contributed by atoms with E-state index >= 15 is 0 Å². The van der Waals surface area contributed by atoms with Crippen molar-refractivity contribution in [3.63, 3.8) is 0 Å². The molecule has 1 saturated heterocycles. The van der Waals surface area contributed by atoms with E-state index in [1.54, 1.807) is 6.92 Å². The van der Waals surface area contributed by atoms with Gasteiger partial charge in [-0.25, -0.2) is 9.86 Å². The number of nitrogens with zero attached hydrogens (tertiary/aromatic N) is 3. The normalized spacial score (nSPS) is 17.2. The van der Waals surface area contributed by atoms with Crippen molar-refractivity contribution in [1.29, 1.82) is 0 Å². The number of hydrogen-bond donors (Lipinski definition) is 2. The molecule has 46 heavy (non-hydrogen) atoms. The van der Waals surface area contributed by atoms with Crippen molar-refractivity contribution in [3.05, 3.63) is 129 Å². The van der Waals surface area contributed by atoms with Crippen LogP contribution in [0.2, 0.25) is 0 Å². The van der Waals surface area contributed by atoms with Crippen molar-refractivity contribution >= 4 is 35.7 Å². The van der Waals surface area contributed by atoms with Gasteiger partial charge in [-0.3, -0.25) is 20.1 Å². The predicted molar refractivity (Wildman–Crippen MR) is 177 cm³/mol. The van der Waals surface area contributed by atoms with E-state index in [9.17, 15) is 24.9 Å². The van der Waals surface area contributed by atoms with E-state index < -0.39 is 22.7 Å². The molecule has 0 aromatic heterocycles. The van der Waals surface area contributed by atoms with Crippen LogP contribution in [0, 0.1) is 10.1 Å². The zero-order valence-electron chi connectivity index (χ0n) is 25.9. The van der Waals surface area contributed by atoms with E-state index in [1.807, 2.05) is 36.4 Å². The molecule has 5 rings (SSSR count). The van der Waals surface area contributed by atoms with E-state index in [0.29, 0.717) is 39.9 Å². The minimum atomic E-state index is -0.950. The average Bonchev–Trinajstić information content (AvgIpc) is 3.08. The number of nitro groups is 1. The molecule has 0 saturated carbocycles. The van der Waals surface area contributed by atoms with E-state index in [4.69, 9.17) is 4.74 Å². The second kappa shape index (κ2) is 15.7. The Morgan fingerprint density at radius 1 is 0.957 bits per heavy atom. The maximum absolute atomic E-state index is 14.2. The van der Waals surface area contributed by atoms with Crippen LogP contribution in [0.4, 0.5) is 5.69 Å². The first-order valence-corrected chi connectivity index (χ1v) is 15.2. The Hall–Kier alpha value is -4.51. The van der Waals surface area contributed by atoms with E-state index in [2.05, 4.69) is 34.5 Å². The average molecular weight is 647 g/mol. The van der Waals surface area contributed by atoms with Gasteiger partial charge < -0.3 is 15.0 Å². The van der Waals surface area contributed by atoms with Crippen molar-refractivity contribution in [1.82, 2.24) is 15.3 Å². The first-order chi connectivity index (χ1) is 21.8. The van der Waals surface area contributed by atoms with Crippen molar-refractivity contribution in [2.24, 2.45) is 0 Å². The molecule has 2 aliphatic rings. The molecule has 1 amide bonds. The van der Waals surface area contributed by atoms with Crippen LogP contribution in [0.3, 0.4) is 0 Å². The van der Waals surface area contributed by atoms with Gasteiger partial charge in [-0.1, -0.05) is 72.8 Å². The lowest BCUT2D eigenvalue weighted by molar-refractivity contribution is -0.384. The van der Waals surface area contributed by atoms with Crippen LogP contribution in [0.15, 0.2) is 102 Å². The number of ether oxygens (including phenoxy) is 1. The van der Waals surface area contributed by atoms with Crippen LogP contribution in [0.5, 0.6) is 0 Å². The molecule has 2 heterocycles. The Morgan fingerprint density at radius 3 is 2.15 bits per heavy atom. The van der Waals surface area contributed by atoms with Crippen molar-refractivity contribution in [2.45, 2.75) is 38.0 Å². The zero-order valence-corrected chi connectivity index (χ0v) is 26.7. The number of amides is 1. The highest BCUT2D eigenvalue weighted by molar-refractivity contribution is 6.07. The molecule has 2 N–H and O–H groups in total. The zero-order chi connectivity index (χ0) is 31.9. The Kier molecular flexibility index (Phi) is 11.7. The summed E-state index contributed by atoms with van der Waals surface area (Å²) in [5.41, 5.74) is 3.66. The lowest BCUT2D eigenvalue weighted by atomic mass is 9.78. The van der Waals surface area contributed by atoms with Crippen LogP contribution in [-0.4, -0.2) is 65.3 Å². The van der Waals surface area contributed by atoms with Crippen LogP contribution in [0.1, 0.15) is 54.7 Å². The van der Waals surface area contributed by atoms with Gasteiger partial charge in [0.15, 0.2) is 0 Å². The minimum Gasteiger partial charge on any atom is -0.466 e. The van der Waals surface area contributed by atoms with Gasteiger partial charge in [0.2, 0.25) is 0 Å². The lowest BCUT2D eigenvalue weighted by Gasteiger charge is -2.34. The fourth-order valence-corrected chi connectivity index (χ4v) is 6.29. The van der Waals surface area contributed by atoms with Crippen molar-refractivity contribution in [3.8, 4) is 0 Å². The molecule has 1 atom stereocenters. The van der Waals surface area contributed by atoms with Crippen LogP contribution >= 0.6 is 12.4 Å². The summed E-state index contributed by atoms with van der Waals surface area (Å²) in [5, 5.41) is 26.5. The number of carbonyl (C=O) groups is 2. The summed E-state index contributed by atoms with van der Waals surface area (Å²) >= 11 is 0. The summed E-state index contributed by atoms with van der Waals surface area (Å²) in [6.45, 7) is 4.42. The summed E-state index contributed by atoms with van der Waals surface area (Å²) in [6.07, 6.45) is 2.67.